The van der Waals surface area contributed by atoms with E-state index in [9.17, 15) is 0 Å². The quantitative estimate of drug-likeness (QED) is 0.651. The second-order valence-electron chi connectivity index (χ2n) is 3.13. The monoisotopic (exact) mass is 176 g/mol. The third-order valence-electron chi connectivity index (χ3n) is 2.30. The van der Waals surface area contributed by atoms with Crippen molar-refractivity contribution >= 4 is 16.7 Å². The molecule has 2 rings (SSSR count). The van der Waals surface area contributed by atoms with Crippen LogP contribution in [0.5, 0.6) is 0 Å². The smallest absolute Gasteiger partial charge is 0.157 e. The van der Waals surface area contributed by atoms with Gasteiger partial charge in [0.15, 0.2) is 5.58 Å². The molecule has 1 aromatic carbocycles. The summed E-state index contributed by atoms with van der Waals surface area (Å²) in [5, 5.41) is 1.03. The van der Waals surface area contributed by atoms with Crippen LogP contribution in [0.25, 0.3) is 11.0 Å². The molecule has 1 heterocycles. The average Bonchev–Trinajstić information content (AvgIpc) is 2.53. The number of aryl methyl sites for hydroxylation is 1. The minimum Gasteiger partial charge on any atom is -0.462 e. The first-order chi connectivity index (χ1) is 6.24. The van der Waals surface area contributed by atoms with E-state index in [1.54, 1.807) is 6.26 Å². The number of hydrogen-bond donors (Lipinski definition) is 2. The predicted octanol–water partition coefficient (Wildman–Crippen LogP) is 1.78. The summed E-state index contributed by atoms with van der Waals surface area (Å²) in [7, 11) is 0. The number of hydrogen-bond acceptors (Lipinski definition) is 3. The first kappa shape index (κ1) is 8.13. The molecule has 0 spiro atoms. The van der Waals surface area contributed by atoms with E-state index in [1.165, 1.54) is 0 Å². The van der Waals surface area contributed by atoms with Crippen molar-refractivity contribution in [3.05, 3.63) is 29.5 Å². The molecule has 0 amide bonds. The van der Waals surface area contributed by atoms with Gasteiger partial charge in [0.25, 0.3) is 0 Å². The SMILES string of the molecule is Cc1cc(N)c2occc2c1CN. The van der Waals surface area contributed by atoms with E-state index in [0.29, 0.717) is 12.2 Å². The van der Waals surface area contributed by atoms with Gasteiger partial charge in [0.2, 0.25) is 0 Å². The van der Waals surface area contributed by atoms with Gasteiger partial charge in [0.05, 0.1) is 12.0 Å². The zero-order valence-corrected chi connectivity index (χ0v) is 7.50. The van der Waals surface area contributed by atoms with Gasteiger partial charge in [-0.15, -0.1) is 0 Å². The zero-order chi connectivity index (χ0) is 9.42. The van der Waals surface area contributed by atoms with Crippen LogP contribution in [0, 0.1) is 6.92 Å². The number of fused-ring (bicyclic) bond motifs is 1. The highest BCUT2D eigenvalue weighted by molar-refractivity contribution is 5.91. The van der Waals surface area contributed by atoms with Crippen LogP contribution >= 0.6 is 0 Å². The summed E-state index contributed by atoms with van der Waals surface area (Å²) >= 11 is 0. The number of nitrogen functional groups attached to an aromatic ring is 1. The van der Waals surface area contributed by atoms with Crippen molar-refractivity contribution in [2.24, 2.45) is 5.73 Å². The molecular formula is C10H12N2O. The van der Waals surface area contributed by atoms with E-state index in [4.69, 9.17) is 15.9 Å². The largest absolute Gasteiger partial charge is 0.462 e. The zero-order valence-electron chi connectivity index (χ0n) is 7.50. The lowest BCUT2D eigenvalue weighted by Crippen LogP contribution is -2.00. The fourth-order valence-corrected chi connectivity index (χ4v) is 1.64. The third kappa shape index (κ3) is 1.09. The maximum absolute atomic E-state index is 5.79. The highest BCUT2D eigenvalue weighted by Crippen LogP contribution is 2.28. The van der Waals surface area contributed by atoms with Crippen molar-refractivity contribution in [2.75, 3.05) is 5.73 Å². The fourth-order valence-electron chi connectivity index (χ4n) is 1.64. The maximum Gasteiger partial charge on any atom is 0.157 e. The van der Waals surface area contributed by atoms with Crippen LogP contribution in [0.4, 0.5) is 5.69 Å². The minimum absolute atomic E-state index is 0.516. The Bertz CT molecular complexity index is 445. The molecule has 0 fully saturated rings. The Morgan fingerprint density at radius 1 is 1.46 bits per heavy atom. The molecular weight excluding hydrogens is 164 g/mol. The molecule has 13 heavy (non-hydrogen) atoms. The van der Waals surface area contributed by atoms with Gasteiger partial charge in [-0.2, -0.15) is 0 Å². The lowest BCUT2D eigenvalue weighted by Gasteiger charge is -2.05. The van der Waals surface area contributed by atoms with Crippen molar-refractivity contribution in [3.8, 4) is 0 Å². The third-order valence-corrected chi connectivity index (χ3v) is 2.30. The fraction of sp³-hybridized carbons (Fsp3) is 0.200. The van der Waals surface area contributed by atoms with Gasteiger partial charge in [-0.3, -0.25) is 0 Å². The van der Waals surface area contributed by atoms with Crippen LogP contribution in [0.2, 0.25) is 0 Å². The van der Waals surface area contributed by atoms with Gasteiger partial charge in [-0.1, -0.05) is 0 Å². The summed E-state index contributed by atoms with van der Waals surface area (Å²) in [5.41, 5.74) is 15.1. The van der Waals surface area contributed by atoms with E-state index in [-0.39, 0.29) is 0 Å². The summed E-state index contributed by atoms with van der Waals surface area (Å²) in [5.74, 6) is 0. The van der Waals surface area contributed by atoms with Crippen LogP contribution in [0.1, 0.15) is 11.1 Å². The van der Waals surface area contributed by atoms with Gasteiger partial charge in [-0.25, -0.2) is 0 Å². The van der Waals surface area contributed by atoms with Crippen molar-refractivity contribution < 1.29 is 4.42 Å². The normalized spacial score (nSPS) is 10.9. The Kier molecular flexibility index (Phi) is 1.74. The summed E-state index contributed by atoms with van der Waals surface area (Å²) < 4.78 is 5.27. The Hall–Kier alpha value is -1.48. The molecule has 0 atom stereocenters. The average molecular weight is 176 g/mol. The molecule has 1 aromatic heterocycles. The second kappa shape index (κ2) is 2.78. The van der Waals surface area contributed by atoms with E-state index < -0.39 is 0 Å². The Morgan fingerprint density at radius 3 is 2.92 bits per heavy atom. The lowest BCUT2D eigenvalue weighted by atomic mass is 10.0. The first-order valence-electron chi connectivity index (χ1n) is 4.19. The number of anilines is 1. The predicted molar refractivity (Wildman–Crippen MR) is 53.3 cm³/mol. The second-order valence-corrected chi connectivity index (χ2v) is 3.13. The summed E-state index contributed by atoms with van der Waals surface area (Å²) in [4.78, 5) is 0. The molecule has 0 saturated carbocycles. The molecule has 0 aliphatic rings. The highest BCUT2D eigenvalue weighted by Gasteiger charge is 2.08. The van der Waals surface area contributed by atoms with Crippen molar-refractivity contribution in [1.82, 2.24) is 0 Å². The molecule has 4 N–H and O–H groups in total. The molecule has 3 nitrogen and oxygen atoms in total. The van der Waals surface area contributed by atoms with Crippen LogP contribution in [0.3, 0.4) is 0 Å². The molecule has 3 heteroatoms. The van der Waals surface area contributed by atoms with Crippen molar-refractivity contribution in [1.29, 1.82) is 0 Å². The number of nitrogens with two attached hydrogens (primary N) is 2. The summed E-state index contributed by atoms with van der Waals surface area (Å²) in [6.45, 7) is 2.52. The topological polar surface area (TPSA) is 65.2 Å². The highest BCUT2D eigenvalue weighted by atomic mass is 16.3. The van der Waals surface area contributed by atoms with Gasteiger partial charge in [0, 0.05) is 11.9 Å². The summed E-state index contributed by atoms with van der Waals surface area (Å²) in [6.07, 6.45) is 1.64. The van der Waals surface area contributed by atoms with E-state index >= 15 is 0 Å². The number of rotatable bonds is 1. The summed E-state index contributed by atoms with van der Waals surface area (Å²) in [6, 6.07) is 3.80. The van der Waals surface area contributed by atoms with E-state index in [0.717, 1.165) is 22.1 Å². The van der Waals surface area contributed by atoms with Crippen LogP contribution in [-0.4, -0.2) is 0 Å². The van der Waals surface area contributed by atoms with E-state index in [2.05, 4.69) is 0 Å². The van der Waals surface area contributed by atoms with Gasteiger partial charge >= 0.3 is 0 Å². The lowest BCUT2D eigenvalue weighted by molar-refractivity contribution is 0.617. The molecule has 0 radical (unpaired) electrons. The molecule has 2 aromatic rings. The van der Waals surface area contributed by atoms with Crippen molar-refractivity contribution in [2.45, 2.75) is 13.5 Å². The molecule has 68 valence electrons. The minimum atomic E-state index is 0.516. The molecule has 0 aliphatic carbocycles. The van der Waals surface area contributed by atoms with Gasteiger partial charge in [-0.05, 0) is 30.2 Å². The number of benzene rings is 1. The van der Waals surface area contributed by atoms with Crippen LogP contribution in [-0.2, 0) is 6.54 Å². The standard InChI is InChI=1S/C10H12N2O/c1-6-4-9(12)10-7(2-3-13-10)8(6)5-11/h2-4H,5,11-12H2,1H3. The molecule has 0 saturated heterocycles. The Morgan fingerprint density at radius 2 is 2.23 bits per heavy atom. The van der Waals surface area contributed by atoms with Gasteiger partial charge < -0.3 is 15.9 Å². The molecule has 0 unspecified atom stereocenters. The molecule has 0 aliphatic heterocycles. The number of furan rings is 1. The van der Waals surface area contributed by atoms with Crippen LogP contribution < -0.4 is 11.5 Å². The van der Waals surface area contributed by atoms with Gasteiger partial charge in [0.1, 0.15) is 0 Å². The maximum atomic E-state index is 5.79. The first-order valence-corrected chi connectivity index (χ1v) is 4.19. The Balaban J connectivity index is 2.88. The Labute approximate surface area is 76.3 Å². The van der Waals surface area contributed by atoms with E-state index in [1.807, 2.05) is 19.1 Å². The van der Waals surface area contributed by atoms with Crippen LogP contribution in [0.15, 0.2) is 22.8 Å². The molecule has 0 bridgehead atoms. The van der Waals surface area contributed by atoms with Crippen molar-refractivity contribution in [3.63, 3.8) is 0 Å².